The van der Waals surface area contributed by atoms with Crippen LogP contribution in [0.4, 0.5) is 0 Å². The van der Waals surface area contributed by atoms with Crippen LogP contribution in [0.3, 0.4) is 0 Å². The Labute approximate surface area is 101 Å². The summed E-state index contributed by atoms with van der Waals surface area (Å²) in [5.74, 6) is -0.202. The summed E-state index contributed by atoms with van der Waals surface area (Å²) in [5.41, 5.74) is 3.17. The number of hydrogen-bond acceptors (Lipinski definition) is 3. The van der Waals surface area contributed by atoms with Crippen molar-refractivity contribution < 1.29 is 9.53 Å². The maximum Gasteiger partial charge on any atom is 0.354 e. The lowest BCUT2D eigenvalue weighted by Gasteiger charge is -2.07. The van der Waals surface area contributed by atoms with Crippen LogP contribution in [0.15, 0.2) is 30.0 Å². The normalized spacial score (nSPS) is 20.9. The molecule has 17 heavy (non-hydrogen) atoms. The minimum absolute atomic E-state index is 0.202. The van der Waals surface area contributed by atoms with E-state index < -0.39 is 0 Å². The first-order valence-electron chi connectivity index (χ1n) is 6.03. The van der Waals surface area contributed by atoms with E-state index >= 15 is 0 Å². The third-order valence-corrected chi connectivity index (χ3v) is 3.31. The molecule has 0 aromatic heterocycles. The van der Waals surface area contributed by atoms with Gasteiger partial charge in [-0.3, -0.25) is 0 Å². The van der Waals surface area contributed by atoms with Gasteiger partial charge in [-0.05, 0) is 30.5 Å². The van der Waals surface area contributed by atoms with Crippen molar-refractivity contribution in [2.24, 2.45) is 0 Å². The predicted molar refractivity (Wildman–Crippen MR) is 65.3 cm³/mol. The van der Waals surface area contributed by atoms with Crippen LogP contribution in [0.5, 0.6) is 0 Å². The van der Waals surface area contributed by atoms with E-state index in [1.807, 2.05) is 19.1 Å². The lowest BCUT2D eigenvalue weighted by molar-refractivity contribution is -0.139. The zero-order chi connectivity index (χ0) is 11.8. The monoisotopic (exact) mass is 229 g/mol. The third kappa shape index (κ3) is 1.82. The van der Waals surface area contributed by atoms with Crippen LogP contribution in [0.2, 0.25) is 0 Å². The molecule has 2 aliphatic heterocycles. The molecule has 3 nitrogen and oxygen atoms in total. The van der Waals surface area contributed by atoms with Crippen LogP contribution < -0.4 is 0 Å². The van der Waals surface area contributed by atoms with Crippen LogP contribution in [0.1, 0.15) is 18.1 Å². The Morgan fingerprint density at radius 2 is 2.29 bits per heavy atom. The van der Waals surface area contributed by atoms with E-state index in [4.69, 9.17) is 4.74 Å². The summed E-state index contributed by atoms with van der Waals surface area (Å²) in [6, 6.07) is 8.73. The van der Waals surface area contributed by atoms with Crippen molar-refractivity contribution in [1.29, 1.82) is 0 Å². The number of benzene rings is 1. The Hall–Kier alpha value is -1.77. The zero-order valence-electron chi connectivity index (χ0n) is 9.85. The van der Waals surface area contributed by atoms with Crippen molar-refractivity contribution in [3.63, 3.8) is 0 Å². The number of fused-ring (bicyclic) bond motifs is 2. The molecule has 1 aromatic rings. The zero-order valence-corrected chi connectivity index (χ0v) is 9.85. The molecule has 1 unspecified atom stereocenters. The summed E-state index contributed by atoms with van der Waals surface area (Å²) in [4.78, 5) is 14.0. The first-order chi connectivity index (χ1) is 8.29. The van der Waals surface area contributed by atoms with Gasteiger partial charge in [-0.1, -0.05) is 24.3 Å². The minimum Gasteiger partial charge on any atom is -0.461 e. The van der Waals surface area contributed by atoms with Gasteiger partial charge >= 0.3 is 5.97 Å². The molecule has 0 amide bonds. The van der Waals surface area contributed by atoms with E-state index in [9.17, 15) is 4.79 Å². The highest BCUT2D eigenvalue weighted by molar-refractivity contribution is 5.94. The van der Waals surface area contributed by atoms with E-state index in [1.165, 1.54) is 5.56 Å². The lowest BCUT2D eigenvalue weighted by Crippen LogP contribution is -2.15. The molecule has 88 valence electrons. The van der Waals surface area contributed by atoms with Gasteiger partial charge in [0.15, 0.2) is 0 Å². The number of rotatable bonds is 2. The number of esters is 1. The number of carbonyl (C=O) groups is 1. The Morgan fingerprint density at radius 3 is 3.12 bits per heavy atom. The highest BCUT2D eigenvalue weighted by Gasteiger charge is 2.40. The SMILES string of the molecule is CCOC(=O)C1=Cc2ccccc2CC2CN12. The second-order valence-corrected chi connectivity index (χ2v) is 4.46. The van der Waals surface area contributed by atoms with E-state index in [2.05, 4.69) is 23.1 Å². The lowest BCUT2D eigenvalue weighted by atomic mass is 10.0. The van der Waals surface area contributed by atoms with E-state index in [0.29, 0.717) is 18.3 Å². The van der Waals surface area contributed by atoms with Crippen molar-refractivity contribution in [3.8, 4) is 0 Å². The summed E-state index contributed by atoms with van der Waals surface area (Å²) in [6.07, 6.45) is 2.98. The second kappa shape index (κ2) is 3.91. The Morgan fingerprint density at radius 1 is 1.47 bits per heavy atom. The van der Waals surface area contributed by atoms with Crippen molar-refractivity contribution in [2.45, 2.75) is 19.4 Å². The molecule has 1 fully saturated rings. The molecule has 0 saturated carbocycles. The molecule has 1 saturated heterocycles. The van der Waals surface area contributed by atoms with Gasteiger partial charge in [0.05, 0.1) is 12.6 Å². The van der Waals surface area contributed by atoms with Crippen LogP contribution in [0, 0.1) is 0 Å². The fourth-order valence-electron chi connectivity index (χ4n) is 2.38. The molecule has 1 atom stereocenters. The van der Waals surface area contributed by atoms with Crippen LogP contribution in [-0.4, -0.2) is 30.1 Å². The summed E-state index contributed by atoms with van der Waals surface area (Å²) < 4.78 is 5.10. The summed E-state index contributed by atoms with van der Waals surface area (Å²) in [5, 5.41) is 0. The molecule has 0 radical (unpaired) electrons. The van der Waals surface area contributed by atoms with Crippen molar-refractivity contribution >= 4 is 12.0 Å². The Bertz CT molecular complexity index is 493. The molecular formula is C14H15NO2. The molecule has 2 heterocycles. The van der Waals surface area contributed by atoms with Crippen LogP contribution in [0.25, 0.3) is 6.08 Å². The summed E-state index contributed by atoms with van der Waals surface area (Å²) >= 11 is 0. The smallest absolute Gasteiger partial charge is 0.354 e. The molecule has 0 N–H and O–H groups in total. The standard InChI is InChI=1S/C14H15NO2/c1-2-17-14(16)13-8-11-6-4-3-5-10(11)7-12-9-15(12)13/h3-6,8,12H,2,7,9H2,1H3. The fraction of sp³-hybridized carbons (Fsp3) is 0.357. The van der Waals surface area contributed by atoms with Crippen molar-refractivity contribution in [3.05, 3.63) is 41.1 Å². The van der Waals surface area contributed by atoms with E-state index in [0.717, 1.165) is 18.5 Å². The van der Waals surface area contributed by atoms with Crippen LogP contribution in [-0.2, 0) is 16.0 Å². The average Bonchev–Trinajstić information content (AvgIpc) is 3.06. The fourth-order valence-corrected chi connectivity index (χ4v) is 2.38. The summed E-state index contributed by atoms with van der Waals surface area (Å²) in [6.45, 7) is 3.23. The van der Waals surface area contributed by atoms with Gasteiger partial charge in [-0.2, -0.15) is 0 Å². The van der Waals surface area contributed by atoms with Gasteiger partial charge in [-0.15, -0.1) is 0 Å². The highest BCUT2D eigenvalue weighted by Crippen LogP contribution is 2.34. The number of nitrogens with zero attached hydrogens (tertiary/aromatic N) is 1. The highest BCUT2D eigenvalue weighted by atomic mass is 16.5. The first-order valence-corrected chi connectivity index (χ1v) is 6.03. The second-order valence-electron chi connectivity index (χ2n) is 4.46. The van der Waals surface area contributed by atoms with Crippen molar-refractivity contribution in [2.75, 3.05) is 13.2 Å². The quantitative estimate of drug-likeness (QED) is 0.572. The first kappa shape index (κ1) is 10.4. The molecule has 2 aliphatic rings. The molecule has 1 aromatic carbocycles. The number of hydrogen-bond donors (Lipinski definition) is 0. The largest absolute Gasteiger partial charge is 0.461 e. The van der Waals surface area contributed by atoms with E-state index in [-0.39, 0.29) is 5.97 Å². The molecular weight excluding hydrogens is 214 g/mol. The van der Waals surface area contributed by atoms with Gasteiger partial charge < -0.3 is 9.64 Å². The van der Waals surface area contributed by atoms with Gasteiger partial charge in [0.25, 0.3) is 0 Å². The maximum absolute atomic E-state index is 11.9. The third-order valence-electron chi connectivity index (χ3n) is 3.31. The van der Waals surface area contributed by atoms with Gasteiger partial charge in [0.1, 0.15) is 5.70 Å². The maximum atomic E-state index is 11.9. The van der Waals surface area contributed by atoms with Gasteiger partial charge in [-0.25, -0.2) is 4.79 Å². The van der Waals surface area contributed by atoms with Gasteiger partial charge in [0, 0.05) is 6.54 Å². The van der Waals surface area contributed by atoms with E-state index in [1.54, 1.807) is 0 Å². The predicted octanol–water partition coefficient (Wildman–Crippen LogP) is 1.83. The average molecular weight is 229 g/mol. The minimum atomic E-state index is -0.202. The topological polar surface area (TPSA) is 29.3 Å². The molecule has 0 aliphatic carbocycles. The number of carbonyl (C=O) groups excluding carboxylic acids is 1. The Balaban J connectivity index is 1.98. The van der Waals surface area contributed by atoms with Crippen LogP contribution >= 0.6 is 0 Å². The van der Waals surface area contributed by atoms with Crippen molar-refractivity contribution in [1.82, 2.24) is 4.90 Å². The molecule has 3 rings (SSSR count). The molecule has 0 spiro atoms. The van der Waals surface area contributed by atoms with Gasteiger partial charge in [0.2, 0.25) is 0 Å². The number of ether oxygens (including phenoxy) is 1. The Kier molecular flexibility index (Phi) is 2.39. The summed E-state index contributed by atoms with van der Waals surface area (Å²) in [7, 11) is 0. The molecule has 3 heteroatoms. The molecule has 0 bridgehead atoms.